The van der Waals surface area contributed by atoms with Crippen molar-refractivity contribution in [2.75, 3.05) is 12.0 Å². The van der Waals surface area contributed by atoms with Crippen molar-refractivity contribution in [2.45, 2.75) is 19.1 Å². The first-order valence-electron chi connectivity index (χ1n) is 5.14. The molecule has 98 valence electrons. The maximum atomic E-state index is 11.3. The van der Waals surface area contributed by atoms with Crippen molar-refractivity contribution in [3.63, 3.8) is 0 Å². The van der Waals surface area contributed by atoms with Gasteiger partial charge in [0.15, 0.2) is 14.8 Å². The molecule has 2 N–H and O–H groups in total. The molecule has 0 aliphatic heterocycles. The van der Waals surface area contributed by atoms with Crippen LogP contribution in [0.2, 0.25) is 0 Å². The van der Waals surface area contributed by atoms with Crippen LogP contribution in [0.25, 0.3) is 9.88 Å². The summed E-state index contributed by atoms with van der Waals surface area (Å²) in [6, 6.07) is 0. The minimum absolute atomic E-state index is 0.0427. The number of anilines is 1. The average molecular weight is 304 g/mol. The van der Waals surface area contributed by atoms with Gasteiger partial charge in [0.05, 0.1) is 10.6 Å². The van der Waals surface area contributed by atoms with Crippen LogP contribution in [0.1, 0.15) is 17.6 Å². The Morgan fingerprint density at radius 3 is 2.50 bits per heavy atom. The van der Waals surface area contributed by atoms with Gasteiger partial charge >= 0.3 is 0 Å². The van der Waals surface area contributed by atoms with Gasteiger partial charge in [0.1, 0.15) is 10.8 Å². The van der Waals surface area contributed by atoms with Gasteiger partial charge in [-0.15, -0.1) is 21.5 Å². The summed E-state index contributed by atoms with van der Waals surface area (Å²) in [7, 11) is -3.08. The highest BCUT2D eigenvalue weighted by Crippen LogP contribution is 2.34. The second-order valence-electron chi connectivity index (χ2n) is 3.75. The van der Waals surface area contributed by atoms with Crippen molar-refractivity contribution in [1.82, 2.24) is 15.2 Å². The van der Waals surface area contributed by atoms with E-state index < -0.39 is 9.84 Å². The van der Waals surface area contributed by atoms with E-state index >= 15 is 0 Å². The molecule has 9 heteroatoms. The molecule has 0 aliphatic carbocycles. The van der Waals surface area contributed by atoms with Gasteiger partial charge in [-0.2, -0.15) is 0 Å². The third-order valence-corrected chi connectivity index (χ3v) is 5.08. The number of nitrogens with zero attached hydrogens (tertiary/aromatic N) is 3. The molecule has 18 heavy (non-hydrogen) atoms. The number of sulfone groups is 1. The third kappa shape index (κ3) is 3.03. The fourth-order valence-corrected chi connectivity index (χ4v) is 4.46. The predicted octanol–water partition coefficient (Wildman–Crippen LogP) is 1.35. The summed E-state index contributed by atoms with van der Waals surface area (Å²) in [6.45, 7) is 1.97. The van der Waals surface area contributed by atoms with Crippen LogP contribution >= 0.6 is 22.7 Å². The van der Waals surface area contributed by atoms with E-state index in [-0.39, 0.29) is 5.75 Å². The van der Waals surface area contributed by atoms with Crippen LogP contribution in [0, 0.1) is 0 Å². The Hall–Kier alpha value is -1.06. The fraction of sp³-hybridized carbons (Fsp3) is 0.444. The number of aromatic nitrogens is 3. The van der Waals surface area contributed by atoms with Crippen molar-refractivity contribution in [1.29, 1.82) is 0 Å². The van der Waals surface area contributed by atoms with Crippen LogP contribution in [0.4, 0.5) is 5.13 Å². The molecule has 0 aliphatic rings. The normalized spacial score (nSPS) is 11.9. The van der Waals surface area contributed by atoms with Gasteiger partial charge in [0.2, 0.25) is 5.13 Å². The summed E-state index contributed by atoms with van der Waals surface area (Å²) in [6.07, 6.45) is 1.91. The number of nitrogens with two attached hydrogens (primary N) is 1. The minimum Gasteiger partial charge on any atom is -0.374 e. The van der Waals surface area contributed by atoms with Crippen molar-refractivity contribution < 1.29 is 8.42 Å². The van der Waals surface area contributed by atoms with Gasteiger partial charge in [-0.05, 0) is 6.42 Å². The molecule has 0 amide bonds. The molecule has 6 nitrogen and oxygen atoms in total. The Labute approximate surface area is 113 Å². The molecule has 0 aromatic carbocycles. The van der Waals surface area contributed by atoms with Crippen LogP contribution < -0.4 is 5.73 Å². The standard InChI is InChI=1S/C9H12N4O2S3/c1-3-5-7(8-12-13-9(10)17-8)16-6(11-5)4-18(2,14)15/h3-4H2,1-2H3,(H2,10,13). The summed E-state index contributed by atoms with van der Waals surface area (Å²) < 4.78 is 22.5. The summed E-state index contributed by atoms with van der Waals surface area (Å²) in [5.74, 6) is -0.0427. The Balaban J connectivity index is 2.42. The molecule has 0 radical (unpaired) electrons. The van der Waals surface area contributed by atoms with Crippen molar-refractivity contribution in [3.05, 3.63) is 10.7 Å². The first-order chi connectivity index (χ1) is 8.39. The Morgan fingerprint density at radius 1 is 1.28 bits per heavy atom. The van der Waals surface area contributed by atoms with Gasteiger partial charge in [0, 0.05) is 6.26 Å². The van der Waals surface area contributed by atoms with E-state index in [0.717, 1.165) is 17.0 Å². The lowest BCUT2D eigenvalue weighted by Gasteiger charge is -1.91. The molecule has 2 aromatic rings. The second kappa shape index (κ2) is 4.90. The smallest absolute Gasteiger partial charge is 0.203 e. The number of aryl methyl sites for hydroxylation is 1. The average Bonchev–Trinajstić information content (AvgIpc) is 2.81. The Morgan fingerprint density at radius 2 is 2.00 bits per heavy atom. The van der Waals surface area contributed by atoms with E-state index in [4.69, 9.17) is 5.73 Å². The highest BCUT2D eigenvalue weighted by atomic mass is 32.2. The molecule has 2 heterocycles. The maximum absolute atomic E-state index is 11.3. The van der Waals surface area contributed by atoms with E-state index in [1.54, 1.807) is 0 Å². The number of rotatable bonds is 4. The molecular formula is C9H12N4O2S3. The summed E-state index contributed by atoms with van der Waals surface area (Å²) in [4.78, 5) is 5.20. The lowest BCUT2D eigenvalue weighted by molar-refractivity contribution is 0.601. The van der Waals surface area contributed by atoms with E-state index in [0.29, 0.717) is 15.1 Å². The molecule has 0 saturated heterocycles. The first kappa shape index (κ1) is 13.4. The van der Waals surface area contributed by atoms with E-state index in [9.17, 15) is 8.42 Å². The zero-order chi connectivity index (χ0) is 13.3. The zero-order valence-electron chi connectivity index (χ0n) is 9.87. The summed E-state index contributed by atoms with van der Waals surface area (Å²) in [5.41, 5.74) is 6.39. The maximum Gasteiger partial charge on any atom is 0.203 e. The number of nitrogen functional groups attached to an aromatic ring is 1. The van der Waals surface area contributed by atoms with Gasteiger partial charge in [0.25, 0.3) is 0 Å². The highest BCUT2D eigenvalue weighted by Gasteiger charge is 2.17. The summed E-state index contributed by atoms with van der Waals surface area (Å²) >= 11 is 2.62. The lowest BCUT2D eigenvalue weighted by Crippen LogP contribution is -2.00. The molecule has 0 fully saturated rings. The minimum atomic E-state index is -3.08. The van der Waals surface area contributed by atoms with Gasteiger partial charge in [-0.3, -0.25) is 0 Å². The summed E-state index contributed by atoms with van der Waals surface area (Å²) in [5, 5.41) is 9.40. The molecule has 2 rings (SSSR count). The lowest BCUT2D eigenvalue weighted by atomic mass is 10.3. The molecule has 0 spiro atoms. The van der Waals surface area contributed by atoms with Crippen LogP contribution in [0.15, 0.2) is 0 Å². The highest BCUT2D eigenvalue weighted by molar-refractivity contribution is 7.90. The largest absolute Gasteiger partial charge is 0.374 e. The van der Waals surface area contributed by atoms with E-state index in [1.165, 1.54) is 28.9 Å². The molecule has 2 aromatic heterocycles. The molecule has 0 saturated carbocycles. The van der Waals surface area contributed by atoms with Gasteiger partial charge < -0.3 is 5.73 Å². The van der Waals surface area contributed by atoms with Crippen LogP contribution in [0.5, 0.6) is 0 Å². The topological polar surface area (TPSA) is 98.8 Å². The molecular weight excluding hydrogens is 292 g/mol. The SMILES string of the molecule is CCc1nc(CS(C)(=O)=O)sc1-c1nnc(N)s1. The van der Waals surface area contributed by atoms with E-state index in [1.807, 2.05) is 6.92 Å². The third-order valence-electron chi connectivity index (χ3n) is 2.10. The number of hydrogen-bond acceptors (Lipinski definition) is 8. The predicted molar refractivity (Wildman–Crippen MR) is 73.4 cm³/mol. The Kier molecular flexibility index (Phi) is 3.64. The molecule has 0 atom stereocenters. The zero-order valence-corrected chi connectivity index (χ0v) is 12.3. The monoisotopic (exact) mass is 304 g/mol. The van der Waals surface area contributed by atoms with Crippen LogP contribution in [0.3, 0.4) is 0 Å². The van der Waals surface area contributed by atoms with Crippen molar-refractivity contribution in [2.24, 2.45) is 0 Å². The fourth-order valence-electron chi connectivity index (χ4n) is 1.42. The molecule has 0 unspecified atom stereocenters. The number of thiazole rings is 1. The second-order valence-corrected chi connectivity index (χ2v) is 7.99. The van der Waals surface area contributed by atoms with Crippen molar-refractivity contribution >= 4 is 37.6 Å². The van der Waals surface area contributed by atoms with E-state index in [2.05, 4.69) is 15.2 Å². The quantitative estimate of drug-likeness (QED) is 0.915. The van der Waals surface area contributed by atoms with Gasteiger partial charge in [-0.1, -0.05) is 18.3 Å². The Bertz CT molecular complexity index is 659. The molecule has 0 bridgehead atoms. The first-order valence-corrected chi connectivity index (χ1v) is 8.84. The van der Waals surface area contributed by atoms with Crippen molar-refractivity contribution in [3.8, 4) is 9.88 Å². The van der Waals surface area contributed by atoms with Crippen LogP contribution in [-0.2, 0) is 22.0 Å². The van der Waals surface area contributed by atoms with Gasteiger partial charge in [-0.25, -0.2) is 13.4 Å². The van der Waals surface area contributed by atoms with Crippen LogP contribution in [-0.4, -0.2) is 29.9 Å². The number of hydrogen-bond donors (Lipinski definition) is 1.